The number of halogens is 2. The van der Waals surface area contributed by atoms with Crippen LogP contribution in [0.25, 0.3) is 0 Å². The number of amides is 2. The van der Waals surface area contributed by atoms with Crippen molar-refractivity contribution in [2.45, 2.75) is 31.1 Å². The second kappa shape index (κ2) is 10.0. The summed E-state index contributed by atoms with van der Waals surface area (Å²) in [6, 6.07) is 3.58. The highest BCUT2D eigenvalue weighted by Crippen LogP contribution is 2.21. The molecule has 156 valence electrons. The molecule has 0 spiro atoms. The van der Waals surface area contributed by atoms with E-state index in [-0.39, 0.29) is 18.2 Å². The molecule has 0 radical (unpaired) electrons. The molecule has 3 rings (SSSR count). The normalized spacial score (nSPS) is 17.2. The third kappa shape index (κ3) is 6.15. The highest BCUT2D eigenvalue weighted by Gasteiger charge is 2.31. The Hall–Kier alpha value is -2.17. The van der Waals surface area contributed by atoms with Gasteiger partial charge in [0, 0.05) is 37.0 Å². The van der Waals surface area contributed by atoms with Crippen LogP contribution in [0, 0.1) is 12.7 Å². The molecule has 1 aliphatic rings. The van der Waals surface area contributed by atoms with Crippen LogP contribution >= 0.6 is 23.4 Å². The van der Waals surface area contributed by atoms with Gasteiger partial charge in [-0.25, -0.2) is 9.37 Å². The monoisotopic (exact) mass is 440 g/mol. The van der Waals surface area contributed by atoms with Crippen molar-refractivity contribution in [3.63, 3.8) is 0 Å². The summed E-state index contributed by atoms with van der Waals surface area (Å²) in [6.07, 6.45) is 0.0368. The van der Waals surface area contributed by atoms with Crippen molar-refractivity contribution in [2.75, 3.05) is 25.4 Å². The zero-order valence-electron chi connectivity index (χ0n) is 15.9. The number of hydrogen-bond donors (Lipinski definition) is 3. The van der Waals surface area contributed by atoms with Crippen LogP contribution < -0.4 is 10.6 Å². The van der Waals surface area contributed by atoms with Gasteiger partial charge >= 0.3 is 0 Å². The summed E-state index contributed by atoms with van der Waals surface area (Å²) in [5.41, 5.74) is 0.714. The summed E-state index contributed by atoms with van der Waals surface area (Å²) in [5.74, 6) is 0.531. The zero-order chi connectivity index (χ0) is 20.8. The molecule has 2 aromatic rings. The van der Waals surface area contributed by atoms with Crippen molar-refractivity contribution in [3.8, 4) is 0 Å². The second-order valence-electron chi connectivity index (χ2n) is 6.62. The number of rotatable bonds is 8. The van der Waals surface area contributed by atoms with E-state index in [0.29, 0.717) is 47.7 Å². The van der Waals surface area contributed by atoms with E-state index in [4.69, 9.17) is 11.6 Å². The molecule has 1 aromatic heterocycles. The third-order valence-electron chi connectivity index (χ3n) is 4.44. The van der Waals surface area contributed by atoms with Crippen LogP contribution in [0.5, 0.6) is 0 Å². The molecule has 8 nitrogen and oxygen atoms in total. The lowest BCUT2D eigenvalue weighted by Gasteiger charge is -2.34. The fraction of sp³-hybridized carbons (Fsp3) is 0.444. The molecule has 11 heteroatoms. The number of thioether (sulfide) groups is 1. The first-order chi connectivity index (χ1) is 13.9. The summed E-state index contributed by atoms with van der Waals surface area (Å²) in [6.45, 7) is 3.69. The average Bonchev–Trinajstić information content (AvgIpc) is 3.09. The first-order valence-electron chi connectivity index (χ1n) is 9.16. The first-order valence-corrected chi connectivity index (χ1v) is 10.5. The summed E-state index contributed by atoms with van der Waals surface area (Å²) < 4.78 is 13.3. The molecule has 1 saturated heterocycles. The largest absolute Gasteiger partial charge is 0.355 e. The fourth-order valence-corrected chi connectivity index (χ4v) is 3.93. The molecule has 1 aliphatic heterocycles. The maximum atomic E-state index is 13.3. The van der Waals surface area contributed by atoms with Crippen molar-refractivity contribution < 1.29 is 14.0 Å². The maximum Gasteiger partial charge on any atom is 0.237 e. The molecule has 1 fully saturated rings. The number of carbonyl (C=O) groups is 2. The van der Waals surface area contributed by atoms with E-state index < -0.39 is 11.9 Å². The van der Waals surface area contributed by atoms with E-state index in [1.54, 1.807) is 6.07 Å². The molecule has 1 atom stereocenters. The highest BCUT2D eigenvalue weighted by atomic mass is 35.5. The van der Waals surface area contributed by atoms with Crippen molar-refractivity contribution in [2.24, 2.45) is 0 Å². The SMILES string of the molecule is Cc1nc(SCCNC(=O)CC2C(=O)NCCN2Cc2ccc(F)cc2Cl)n[nH]1. The molecular formula is C18H22ClFN6O2S. The predicted octanol–water partition coefficient (Wildman–Crippen LogP) is 1.50. The molecule has 0 saturated carbocycles. The fourth-order valence-electron chi connectivity index (χ4n) is 3.01. The average molecular weight is 441 g/mol. The predicted molar refractivity (Wildman–Crippen MR) is 108 cm³/mol. The number of H-pyrrole nitrogens is 1. The number of nitrogens with one attached hydrogen (secondary N) is 3. The topological polar surface area (TPSA) is 103 Å². The van der Waals surface area contributed by atoms with E-state index >= 15 is 0 Å². The number of hydrogen-bond acceptors (Lipinski definition) is 6. The van der Waals surface area contributed by atoms with Gasteiger partial charge in [0.25, 0.3) is 0 Å². The van der Waals surface area contributed by atoms with E-state index in [1.165, 1.54) is 23.9 Å². The van der Waals surface area contributed by atoms with Gasteiger partial charge in [0.2, 0.25) is 17.0 Å². The van der Waals surface area contributed by atoms with Crippen LogP contribution in [0.3, 0.4) is 0 Å². The number of piperazine rings is 1. The molecule has 1 unspecified atom stereocenters. The maximum absolute atomic E-state index is 13.3. The van der Waals surface area contributed by atoms with Gasteiger partial charge in [0.15, 0.2) is 0 Å². The number of benzene rings is 1. The Labute approximate surface area is 177 Å². The van der Waals surface area contributed by atoms with Crippen molar-refractivity contribution in [1.82, 2.24) is 30.7 Å². The number of aryl methyl sites for hydroxylation is 1. The van der Waals surface area contributed by atoms with E-state index in [1.807, 2.05) is 11.8 Å². The Morgan fingerprint density at radius 3 is 3.03 bits per heavy atom. The summed E-state index contributed by atoms with van der Waals surface area (Å²) >= 11 is 7.55. The van der Waals surface area contributed by atoms with Crippen LogP contribution in [0.15, 0.2) is 23.4 Å². The lowest BCUT2D eigenvalue weighted by molar-refractivity contribution is -0.134. The smallest absolute Gasteiger partial charge is 0.237 e. The van der Waals surface area contributed by atoms with Gasteiger partial charge in [-0.15, -0.1) is 5.10 Å². The quantitative estimate of drug-likeness (QED) is 0.424. The minimum Gasteiger partial charge on any atom is -0.355 e. The third-order valence-corrected chi connectivity index (χ3v) is 5.64. The van der Waals surface area contributed by atoms with E-state index in [0.717, 1.165) is 5.82 Å². The Balaban J connectivity index is 1.51. The van der Waals surface area contributed by atoms with Gasteiger partial charge in [-0.05, 0) is 24.6 Å². The van der Waals surface area contributed by atoms with Crippen LogP contribution in [-0.2, 0) is 16.1 Å². The number of nitrogens with zero attached hydrogens (tertiary/aromatic N) is 3. The summed E-state index contributed by atoms with van der Waals surface area (Å²) in [4.78, 5) is 30.8. The number of aromatic amines is 1. The van der Waals surface area contributed by atoms with E-state index in [9.17, 15) is 14.0 Å². The van der Waals surface area contributed by atoms with Crippen molar-refractivity contribution in [1.29, 1.82) is 0 Å². The Kier molecular flexibility index (Phi) is 7.45. The number of aromatic nitrogens is 3. The molecule has 2 amide bonds. The molecule has 3 N–H and O–H groups in total. The molecule has 0 bridgehead atoms. The van der Waals surface area contributed by atoms with Crippen LogP contribution in [0.2, 0.25) is 5.02 Å². The minimum atomic E-state index is -0.604. The van der Waals surface area contributed by atoms with E-state index in [2.05, 4.69) is 25.8 Å². The molecule has 29 heavy (non-hydrogen) atoms. The summed E-state index contributed by atoms with van der Waals surface area (Å²) in [7, 11) is 0. The second-order valence-corrected chi connectivity index (χ2v) is 8.09. The van der Waals surface area contributed by atoms with Crippen molar-refractivity contribution >= 4 is 35.2 Å². The van der Waals surface area contributed by atoms with Gasteiger partial charge in [-0.1, -0.05) is 29.4 Å². The Morgan fingerprint density at radius 2 is 2.31 bits per heavy atom. The number of carbonyl (C=O) groups excluding carboxylic acids is 2. The van der Waals surface area contributed by atoms with Crippen LogP contribution in [0.4, 0.5) is 4.39 Å². The highest BCUT2D eigenvalue weighted by molar-refractivity contribution is 7.99. The van der Waals surface area contributed by atoms with Crippen LogP contribution in [-0.4, -0.2) is 63.3 Å². The Bertz CT molecular complexity index is 880. The lowest BCUT2D eigenvalue weighted by atomic mass is 10.1. The first kappa shape index (κ1) is 21.5. The Morgan fingerprint density at radius 1 is 1.48 bits per heavy atom. The van der Waals surface area contributed by atoms with Gasteiger partial charge < -0.3 is 10.6 Å². The summed E-state index contributed by atoms with van der Waals surface area (Å²) in [5, 5.41) is 13.3. The van der Waals surface area contributed by atoms with Crippen molar-refractivity contribution in [3.05, 3.63) is 40.4 Å². The molecule has 2 heterocycles. The standard InChI is InChI=1S/C18H22ClFN6O2S/c1-11-23-18(25-24-11)29-7-5-21-16(27)9-15-17(28)22-4-6-26(15)10-12-2-3-13(20)8-14(12)19/h2-3,8,15H,4-7,9-10H2,1H3,(H,21,27)(H,22,28)(H,23,24,25). The van der Waals surface area contributed by atoms with Gasteiger partial charge in [-0.3, -0.25) is 19.6 Å². The van der Waals surface area contributed by atoms with Gasteiger partial charge in [0.05, 0.1) is 12.5 Å². The van der Waals surface area contributed by atoms with Gasteiger partial charge in [-0.2, -0.15) is 0 Å². The molecule has 0 aliphatic carbocycles. The molecule has 1 aromatic carbocycles. The van der Waals surface area contributed by atoms with Crippen LogP contribution in [0.1, 0.15) is 17.8 Å². The zero-order valence-corrected chi connectivity index (χ0v) is 17.4. The minimum absolute atomic E-state index is 0.0368. The molecular weight excluding hydrogens is 419 g/mol. The van der Waals surface area contributed by atoms with Gasteiger partial charge in [0.1, 0.15) is 11.6 Å². The lowest BCUT2D eigenvalue weighted by Crippen LogP contribution is -2.56.